The molecule has 6 heteroatoms. The van der Waals surface area contributed by atoms with Gasteiger partial charge in [0, 0.05) is 31.0 Å². The van der Waals surface area contributed by atoms with E-state index in [1.54, 1.807) is 18.3 Å². The number of nitrogens with zero attached hydrogens (tertiary/aromatic N) is 2. The maximum absolute atomic E-state index is 12.2. The third-order valence-corrected chi connectivity index (χ3v) is 4.96. The SMILES string of the molecule is CC(C)N1CCCC(NS(=O)(=O)c2cccnc2)C1. The van der Waals surface area contributed by atoms with Gasteiger partial charge in [0.25, 0.3) is 0 Å². The molecule has 1 aromatic heterocycles. The number of rotatable bonds is 4. The summed E-state index contributed by atoms with van der Waals surface area (Å²) in [6.07, 6.45) is 4.87. The first kappa shape index (κ1) is 14.4. The summed E-state index contributed by atoms with van der Waals surface area (Å²) in [5.74, 6) is 0. The first-order valence-electron chi connectivity index (χ1n) is 6.65. The lowest BCUT2D eigenvalue weighted by Crippen LogP contribution is -2.49. The van der Waals surface area contributed by atoms with E-state index in [1.807, 2.05) is 0 Å². The van der Waals surface area contributed by atoms with Crippen LogP contribution in [0.15, 0.2) is 29.4 Å². The number of hydrogen-bond acceptors (Lipinski definition) is 4. The third-order valence-electron chi connectivity index (χ3n) is 3.45. The molecule has 5 nitrogen and oxygen atoms in total. The molecule has 19 heavy (non-hydrogen) atoms. The van der Waals surface area contributed by atoms with Crippen molar-refractivity contribution >= 4 is 10.0 Å². The number of hydrogen-bond donors (Lipinski definition) is 1. The second kappa shape index (κ2) is 5.98. The Hall–Kier alpha value is -0.980. The lowest BCUT2D eigenvalue weighted by molar-refractivity contribution is 0.163. The predicted octanol–water partition coefficient (Wildman–Crippen LogP) is 1.23. The van der Waals surface area contributed by atoms with Crippen LogP contribution in [0.25, 0.3) is 0 Å². The van der Waals surface area contributed by atoms with Gasteiger partial charge in [0.1, 0.15) is 4.90 Å². The zero-order valence-electron chi connectivity index (χ0n) is 11.4. The molecule has 0 aromatic carbocycles. The van der Waals surface area contributed by atoms with E-state index >= 15 is 0 Å². The fourth-order valence-corrected chi connectivity index (χ4v) is 3.59. The zero-order valence-corrected chi connectivity index (χ0v) is 12.2. The van der Waals surface area contributed by atoms with E-state index in [-0.39, 0.29) is 10.9 Å². The van der Waals surface area contributed by atoms with Crippen LogP contribution >= 0.6 is 0 Å². The summed E-state index contributed by atoms with van der Waals surface area (Å²) in [6, 6.07) is 3.64. The maximum Gasteiger partial charge on any atom is 0.242 e. The van der Waals surface area contributed by atoms with E-state index in [4.69, 9.17) is 0 Å². The van der Waals surface area contributed by atoms with Gasteiger partial charge in [-0.2, -0.15) is 0 Å². The van der Waals surface area contributed by atoms with Gasteiger partial charge in [0.2, 0.25) is 10.0 Å². The average molecular weight is 283 g/mol. The first-order valence-corrected chi connectivity index (χ1v) is 8.14. The normalized spacial score (nSPS) is 21.7. The van der Waals surface area contributed by atoms with E-state index in [1.165, 1.54) is 6.20 Å². The van der Waals surface area contributed by atoms with Crippen LogP contribution in [0.2, 0.25) is 0 Å². The number of piperidine rings is 1. The van der Waals surface area contributed by atoms with Crippen LogP contribution in [0.3, 0.4) is 0 Å². The molecule has 0 amide bonds. The van der Waals surface area contributed by atoms with Crippen LogP contribution in [0.4, 0.5) is 0 Å². The molecule has 1 atom stereocenters. The quantitative estimate of drug-likeness (QED) is 0.903. The van der Waals surface area contributed by atoms with Crippen molar-refractivity contribution in [2.75, 3.05) is 13.1 Å². The maximum atomic E-state index is 12.2. The second-order valence-electron chi connectivity index (χ2n) is 5.24. The summed E-state index contributed by atoms with van der Waals surface area (Å²) in [4.78, 5) is 6.40. The Morgan fingerprint density at radius 3 is 2.89 bits per heavy atom. The molecule has 0 aliphatic carbocycles. The van der Waals surface area contributed by atoms with Crippen molar-refractivity contribution in [2.24, 2.45) is 0 Å². The average Bonchev–Trinajstić information content (AvgIpc) is 2.39. The summed E-state index contributed by atoms with van der Waals surface area (Å²) in [5, 5.41) is 0. The van der Waals surface area contributed by atoms with Crippen LogP contribution in [0.1, 0.15) is 26.7 Å². The highest BCUT2D eigenvalue weighted by Crippen LogP contribution is 2.15. The van der Waals surface area contributed by atoms with Crippen LogP contribution in [0.5, 0.6) is 0 Å². The second-order valence-corrected chi connectivity index (χ2v) is 6.95. The predicted molar refractivity (Wildman–Crippen MR) is 74.3 cm³/mol. The van der Waals surface area contributed by atoms with Crippen molar-refractivity contribution in [3.8, 4) is 0 Å². The number of aromatic nitrogens is 1. The molecule has 1 saturated heterocycles. The number of pyridine rings is 1. The zero-order chi connectivity index (χ0) is 13.9. The number of likely N-dealkylation sites (tertiary alicyclic amines) is 1. The molecule has 0 saturated carbocycles. The van der Waals surface area contributed by atoms with Gasteiger partial charge in [-0.3, -0.25) is 9.88 Å². The molecule has 1 aliphatic rings. The molecule has 2 rings (SSSR count). The molecular formula is C13H21N3O2S. The number of nitrogens with one attached hydrogen (secondary N) is 1. The Morgan fingerprint density at radius 1 is 1.47 bits per heavy atom. The van der Waals surface area contributed by atoms with Gasteiger partial charge in [0.15, 0.2) is 0 Å². The molecule has 0 spiro atoms. The van der Waals surface area contributed by atoms with E-state index in [0.717, 1.165) is 25.9 Å². The van der Waals surface area contributed by atoms with Crippen molar-refractivity contribution < 1.29 is 8.42 Å². The molecule has 2 heterocycles. The topological polar surface area (TPSA) is 62.3 Å². The monoisotopic (exact) mass is 283 g/mol. The van der Waals surface area contributed by atoms with E-state index in [9.17, 15) is 8.42 Å². The third kappa shape index (κ3) is 3.75. The fraction of sp³-hybridized carbons (Fsp3) is 0.615. The summed E-state index contributed by atoms with van der Waals surface area (Å²) >= 11 is 0. The largest absolute Gasteiger partial charge is 0.299 e. The van der Waals surface area contributed by atoms with E-state index in [2.05, 4.69) is 28.5 Å². The lowest BCUT2D eigenvalue weighted by Gasteiger charge is -2.35. The van der Waals surface area contributed by atoms with Crippen LogP contribution in [-0.4, -0.2) is 43.5 Å². The van der Waals surface area contributed by atoms with Gasteiger partial charge in [-0.25, -0.2) is 13.1 Å². The fourth-order valence-electron chi connectivity index (χ4n) is 2.37. The molecule has 1 aromatic rings. The van der Waals surface area contributed by atoms with Gasteiger partial charge in [-0.15, -0.1) is 0 Å². The highest BCUT2D eigenvalue weighted by Gasteiger charge is 2.26. The van der Waals surface area contributed by atoms with Gasteiger partial charge >= 0.3 is 0 Å². The van der Waals surface area contributed by atoms with E-state index in [0.29, 0.717) is 6.04 Å². The van der Waals surface area contributed by atoms with E-state index < -0.39 is 10.0 Å². The Labute approximate surface area is 115 Å². The minimum absolute atomic E-state index is 0.0126. The van der Waals surface area contributed by atoms with Gasteiger partial charge in [-0.1, -0.05) is 0 Å². The molecule has 0 bridgehead atoms. The van der Waals surface area contributed by atoms with Crippen molar-refractivity contribution in [3.05, 3.63) is 24.5 Å². The Kier molecular flexibility index (Phi) is 4.54. The van der Waals surface area contributed by atoms with Crippen LogP contribution in [0, 0.1) is 0 Å². The smallest absolute Gasteiger partial charge is 0.242 e. The van der Waals surface area contributed by atoms with Crippen LogP contribution in [-0.2, 0) is 10.0 Å². The van der Waals surface area contributed by atoms with Gasteiger partial charge in [0.05, 0.1) is 0 Å². The summed E-state index contributed by atoms with van der Waals surface area (Å²) in [5.41, 5.74) is 0. The standard InChI is InChI=1S/C13H21N3O2S/c1-11(2)16-8-4-5-12(10-16)15-19(17,18)13-6-3-7-14-9-13/h3,6-7,9,11-12,15H,4-5,8,10H2,1-2H3. The van der Waals surface area contributed by atoms with Gasteiger partial charge in [-0.05, 0) is 45.4 Å². The molecule has 1 unspecified atom stereocenters. The summed E-state index contributed by atoms with van der Waals surface area (Å²) in [7, 11) is -3.45. The van der Waals surface area contributed by atoms with Crippen molar-refractivity contribution in [1.82, 2.24) is 14.6 Å². The first-order chi connectivity index (χ1) is 8.99. The summed E-state index contributed by atoms with van der Waals surface area (Å²) < 4.78 is 27.2. The molecule has 1 aliphatic heterocycles. The molecule has 1 fully saturated rings. The molecule has 106 valence electrons. The van der Waals surface area contributed by atoms with Crippen LogP contribution < -0.4 is 4.72 Å². The molecule has 1 N–H and O–H groups in total. The Morgan fingerprint density at radius 2 is 2.26 bits per heavy atom. The molecule has 0 radical (unpaired) electrons. The van der Waals surface area contributed by atoms with Crippen molar-refractivity contribution in [3.63, 3.8) is 0 Å². The summed E-state index contributed by atoms with van der Waals surface area (Å²) in [6.45, 7) is 6.09. The van der Waals surface area contributed by atoms with Gasteiger partial charge < -0.3 is 0 Å². The lowest BCUT2D eigenvalue weighted by atomic mass is 10.1. The minimum atomic E-state index is -3.45. The molecular weight excluding hydrogens is 262 g/mol. The minimum Gasteiger partial charge on any atom is -0.299 e. The van der Waals surface area contributed by atoms with Crippen molar-refractivity contribution in [2.45, 2.75) is 43.7 Å². The Bertz CT molecular complexity index is 502. The number of sulfonamides is 1. The highest BCUT2D eigenvalue weighted by molar-refractivity contribution is 7.89. The Balaban J connectivity index is 2.04. The highest BCUT2D eigenvalue weighted by atomic mass is 32.2. The van der Waals surface area contributed by atoms with Crippen molar-refractivity contribution in [1.29, 1.82) is 0 Å².